The Morgan fingerprint density at radius 3 is 2.50 bits per heavy atom. The van der Waals surface area contributed by atoms with Crippen LogP contribution in [-0.2, 0) is 17.8 Å². The highest BCUT2D eigenvalue weighted by Gasteiger charge is 2.02. The molecular weight excluding hydrogens is 461 g/mol. The molecule has 0 spiro atoms. The van der Waals surface area contributed by atoms with Gasteiger partial charge in [-0.2, -0.15) is 0 Å². The fourth-order valence-electron chi connectivity index (χ4n) is 2.20. The number of nitrogens with one attached hydrogen (secondary N) is 2. The number of guanidine groups is 1. The summed E-state index contributed by atoms with van der Waals surface area (Å²) < 4.78 is 10.5. The number of hydrogen-bond donors (Lipinski definition) is 2. The van der Waals surface area contributed by atoms with Crippen molar-refractivity contribution in [2.45, 2.75) is 26.9 Å². The van der Waals surface area contributed by atoms with E-state index >= 15 is 0 Å². The van der Waals surface area contributed by atoms with Crippen molar-refractivity contribution in [3.05, 3.63) is 51.7 Å². The van der Waals surface area contributed by atoms with Gasteiger partial charge in [0.05, 0.1) is 19.7 Å². The van der Waals surface area contributed by atoms with Crippen molar-refractivity contribution in [3.63, 3.8) is 0 Å². The number of nitrogens with zero attached hydrogens (tertiary/aromatic N) is 1. The number of benzene rings is 1. The van der Waals surface area contributed by atoms with Crippen LogP contribution in [0.25, 0.3) is 0 Å². The molecule has 0 aliphatic rings. The second-order valence-corrected chi connectivity index (χ2v) is 6.56. The minimum atomic E-state index is 0. The summed E-state index contributed by atoms with van der Waals surface area (Å²) in [6.07, 6.45) is 0. The highest BCUT2D eigenvalue weighted by Crippen LogP contribution is 2.15. The van der Waals surface area contributed by atoms with Crippen molar-refractivity contribution >= 4 is 41.3 Å². The first kappa shape index (κ1) is 22.7. The van der Waals surface area contributed by atoms with Gasteiger partial charge in [-0.3, -0.25) is 0 Å². The highest BCUT2D eigenvalue weighted by atomic mass is 127. The van der Waals surface area contributed by atoms with Crippen molar-refractivity contribution in [3.8, 4) is 5.75 Å². The summed E-state index contributed by atoms with van der Waals surface area (Å²) in [6.45, 7) is 7.60. The number of aliphatic imine (C=N–C) groups is 1. The molecule has 7 heteroatoms. The van der Waals surface area contributed by atoms with E-state index in [1.165, 1.54) is 10.4 Å². The number of methoxy groups -OCH3 is 1. The first-order chi connectivity index (χ1) is 12.2. The van der Waals surface area contributed by atoms with E-state index in [0.29, 0.717) is 19.8 Å². The topological polar surface area (TPSA) is 54.9 Å². The lowest BCUT2D eigenvalue weighted by Crippen LogP contribution is -2.36. The van der Waals surface area contributed by atoms with Gasteiger partial charge in [-0.1, -0.05) is 12.1 Å². The molecule has 2 N–H and O–H groups in total. The quantitative estimate of drug-likeness (QED) is 0.243. The molecule has 1 aromatic heterocycles. The van der Waals surface area contributed by atoms with Crippen molar-refractivity contribution in [2.24, 2.45) is 4.99 Å². The predicted octanol–water partition coefficient (Wildman–Crippen LogP) is 3.96. The second kappa shape index (κ2) is 12.9. The molecule has 0 aliphatic heterocycles. The molecule has 0 aliphatic carbocycles. The van der Waals surface area contributed by atoms with Gasteiger partial charge >= 0.3 is 0 Å². The van der Waals surface area contributed by atoms with E-state index in [-0.39, 0.29) is 24.0 Å². The van der Waals surface area contributed by atoms with Crippen LogP contribution < -0.4 is 15.4 Å². The van der Waals surface area contributed by atoms with Crippen LogP contribution in [0.3, 0.4) is 0 Å². The first-order valence-corrected chi connectivity index (χ1v) is 9.36. The molecular formula is C19H28IN3O2S. The van der Waals surface area contributed by atoms with Crippen LogP contribution >= 0.6 is 35.3 Å². The van der Waals surface area contributed by atoms with E-state index in [4.69, 9.17) is 9.47 Å². The first-order valence-electron chi connectivity index (χ1n) is 8.48. The van der Waals surface area contributed by atoms with Crippen molar-refractivity contribution in [1.29, 1.82) is 0 Å². The number of thiophene rings is 1. The largest absolute Gasteiger partial charge is 0.491 e. The molecule has 0 atom stereocenters. The lowest BCUT2D eigenvalue weighted by molar-refractivity contribution is 0.146. The third-order valence-electron chi connectivity index (χ3n) is 3.63. The second-order valence-electron chi connectivity index (χ2n) is 5.56. The van der Waals surface area contributed by atoms with Gasteiger partial charge in [0, 0.05) is 18.5 Å². The van der Waals surface area contributed by atoms with Crippen molar-refractivity contribution in [1.82, 2.24) is 10.6 Å². The van der Waals surface area contributed by atoms with Crippen LogP contribution in [-0.4, -0.2) is 32.8 Å². The van der Waals surface area contributed by atoms with Gasteiger partial charge in [-0.15, -0.1) is 35.3 Å². The third-order valence-corrected chi connectivity index (χ3v) is 4.65. The van der Waals surface area contributed by atoms with E-state index in [1.807, 2.05) is 24.3 Å². The summed E-state index contributed by atoms with van der Waals surface area (Å²) in [6, 6.07) is 10.2. The maximum Gasteiger partial charge on any atom is 0.191 e. The standard InChI is InChI=1S/C19H27N3O2S.HI/c1-4-20-19(22-14-18-15(2)9-12-25-18)21-13-16-5-7-17(8-6-16)24-11-10-23-3;/h5-9,12H,4,10-11,13-14H2,1-3H3,(H2,20,21,22);1H. The predicted molar refractivity (Wildman–Crippen MR) is 120 cm³/mol. The maximum absolute atomic E-state index is 5.57. The van der Waals surface area contributed by atoms with Gasteiger partial charge in [0.1, 0.15) is 12.4 Å². The molecule has 2 aromatic rings. The average molecular weight is 489 g/mol. The molecule has 0 radical (unpaired) electrons. The Morgan fingerprint density at radius 2 is 1.88 bits per heavy atom. The fraction of sp³-hybridized carbons (Fsp3) is 0.421. The van der Waals surface area contributed by atoms with Gasteiger partial charge in [-0.05, 0) is 48.6 Å². The maximum atomic E-state index is 5.57. The molecule has 0 unspecified atom stereocenters. The van der Waals surface area contributed by atoms with Gasteiger partial charge in [0.15, 0.2) is 5.96 Å². The third kappa shape index (κ3) is 7.92. The molecule has 1 aromatic carbocycles. The molecule has 5 nitrogen and oxygen atoms in total. The van der Waals surface area contributed by atoms with Crippen LogP contribution in [0.4, 0.5) is 0 Å². The smallest absolute Gasteiger partial charge is 0.191 e. The van der Waals surface area contributed by atoms with E-state index in [2.05, 4.69) is 40.9 Å². The minimum absolute atomic E-state index is 0. The van der Waals surface area contributed by atoms with Crippen LogP contribution in [0.5, 0.6) is 5.75 Å². The Hall–Kier alpha value is -1.32. The summed E-state index contributed by atoms with van der Waals surface area (Å²) in [5.41, 5.74) is 2.46. The number of hydrogen-bond acceptors (Lipinski definition) is 4. The summed E-state index contributed by atoms with van der Waals surface area (Å²) in [5.74, 6) is 1.68. The zero-order chi connectivity index (χ0) is 17.9. The van der Waals surface area contributed by atoms with Gasteiger partial charge in [0.2, 0.25) is 0 Å². The van der Waals surface area contributed by atoms with Crippen molar-refractivity contribution < 1.29 is 9.47 Å². The molecule has 1 heterocycles. The van der Waals surface area contributed by atoms with Crippen LogP contribution in [0, 0.1) is 6.92 Å². The number of aryl methyl sites for hydroxylation is 1. The molecule has 0 amide bonds. The van der Waals surface area contributed by atoms with Crippen LogP contribution in [0.1, 0.15) is 22.9 Å². The molecule has 0 saturated carbocycles. The fourth-order valence-corrected chi connectivity index (χ4v) is 3.04. The monoisotopic (exact) mass is 489 g/mol. The normalized spacial score (nSPS) is 11.0. The Labute approximate surface area is 177 Å². The average Bonchev–Trinajstić information content (AvgIpc) is 3.04. The molecule has 144 valence electrons. The summed E-state index contributed by atoms with van der Waals surface area (Å²) in [5, 5.41) is 8.79. The van der Waals surface area contributed by atoms with E-state index in [1.54, 1.807) is 18.4 Å². The number of rotatable bonds is 9. The van der Waals surface area contributed by atoms with E-state index in [0.717, 1.165) is 30.4 Å². The van der Waals surface area contributed by atoms with Crippen LogP contribution in [0.15, 0.2) is 40.7 Å². The SMILES string of the molecule is CCNC(=NCc1ccc(OCCOC)cc1)NCc1sccc1C.I. The zero-order valence-corrected chi connectivity index (χ0v) is 18.7. The van der Waals surface area contributed by atoms with Gasteiger partial charge in [0.25, 0.3) is 0 Å². The molecule has 2 rings (SSSR count). The Balaban J connectivity index is 0.00000338. The summed E-state index contributed by atoms with van der Waals surface area (Å²) in [4.78, 5) is 5.99. The Morgan fingerprint density at radius 1 is 1.12 bits per heavy atom. The van der Waals surface area contributed by atoms with Crippen molar-refractivity contribution in [2.75, 3.05) is 26.9 Å². The lowest BCUT2D eigenvalue weighted by Gasteiger charge is -2.11. The van der Waals surface area contributed by atoms with Gasteiger partial charge in [-0.25, -0.2) is 4.99 Å². The number of ether oxygens (including phenoxy) is 2. The lowest BCUT2D eigenvalue weighted by atomic mass is 10.2. The van der Waals surface area contributed by atoms with Gasteiger partial charge < -0.3 is 20.1 Å². The minimum Gasteiger partial charge on any atom is -0.491 e. The zero-order valence-electron chi connectivity index (χ0n) is 15.6. The van der Waals surface area contributed by atoms with Crippen LogP contribution in [0.2, 0.25) is 0 Å². The summed E-state index contributed by atoms with van der Waals surface area (Å²) >= 11 is 1.77. The van der Waals surface area contributed by atoms with E-state index in [9.17, 15) is 0 Å². The highest BCUT2D eigenvalue weighted by molar-refractivity contribution is 14.0. The summed E-state index contributed by atoms with van der Waals surface area (Å²) in [7, 11) is 1.67. The number of halogens is 1. The Bertz CT molecular complexity index is 659. The molecule has 26 heavy (non-hydrogen) atoms. The molecule has 0 bridgehead atoms. The molecule has 0 fully saturated rings. The van der Waals surface area contributed by atoms with E-state index < -0.39 is 0 Å². The molecule has 0 saturated heterocycles. The Kier molecular flexibility index (Phi) is 11.3.